The molecule has 2 rings (SSSR count). The summed E-state index contributed by atoms with van der Waals surface area (Å²) in [6.45, 7) is 0. The Balaban J connectivity index is 0.00000144. The van der Waals surface area contributed by atoms with Crippen LogP contribution >= 0.6 is 21.7 Å². The molecule has 1 unspecified atom stereocenters. The molecule has 4 atom stereocenters. The van der Waals surface area contributed by atoms with Crippen molar-refractivity contribution in [3.63, 3.8) is 0 Å². The maximum atomic E-state index is 11.1. The predicted octanol–water partition coefficient (Wildman–Crippen LogP) is 0.855. The van der Waals surface area contributed by atoms with Gasteiger partial charge >= 0.3 is 12.0 Å². The van der Waals surface area contributed by atoms with Crippen LogP contribution in [0.4, 0.5) is 4.79 Å². The van der Waals surface area contributed by atoms with E-state index in [0.29, 0.717) is 5.25 Å². The molecule has 7 heteroatoms. The van der Waals surface area contributed by atoms with E-state index in [1.165, 1.54) is 0 Å². The van der Waals surface area contributed by atoms with Crippen molar-refractivity contribution in [2.45, 2.75) is 43.0 Å². The Kier molecular flexibility index (Phi) is 5.53. The Morgan fingerprint density at radius 1 is 1.41 bits per heavy atom. The van der Waals surface area contributed by atoms with E-state index < -0.39 is 5.97 Å². The average Bonchev–Trinajstić information content (AvgIpc) is 2.72. The van der Waals surface area contributed by atoms with Gasteiger partial charge in [-0.1, -0.05) is 6.42 Å². The average molecular weight is 278 g/mol. The van der Waals surface area contributed by atoms with Gasteiger partial charge in [0.15, 0.2) is 0 Å². The van der Waals surface area contributed by atoms with Gasteiger partial charge in [0.1, 0.15) is 0 Å². The van der Waals surface area contributed by atoms with Gasteiger partial charge in [0.2, 0.25) is 0 Å². The Hall–Kier alpha value is -0.480. The summed E-state index contributed by atoms with van der Waals surface area (Å²) >= 11 is 1.87. The molecule has 0 aromatic heterocycles. The molecule has 0 aromatic rings. The van der Waals surface area contributed by atoms with Crippen LogP contribution in [0.3, 0.4) is 0 Å². The highest BCUT2D eigenvalue weighted by molar-refractivity contribution is 8.00. The highest BCUT2D eigenvalue weighted by atomic mass is 32.2. The zero-order valence-corrected chi connectivity index (χ0v) is 11.9. The van der Waals surface area contributed by atoms with Crippen LogP contribution in [-0.2, 0) is 4.79 Å². The number of amides is 2. The largest absolute Gasteiger partial charge is 0.481 e. The number of rotatable bonds is 5. The Morgan fingerprint density at radius 2 is 2.18 bits per heavy atom. The van der Waals surface area contributed by atoms with Crippen LogP contribution in [0.2, 0.25) is 0 Å². The fourth-order valence-electron chi connectivity index (χ4n) is 2.26. The SMILES string of the molecule is O=C(O)CCCC[C@@H]1SC[C@@H]2NC(=O)N[C@@H]21.P. The first-order valence-corrected chi connectivity index (χ1v) is 6.62. The van der Waals surface area contributed by atoms with Crippen molar-refractivity contribution < 1.29 is 14.7 Å². The van der Waals surface area contributed by atoms with E-state index >= 15 is 0 Å². The molecule has 17 heavy (non-hydrogen) atoms. The van der Waals surface area contributed by atoms with Crippen LogP contribution in [0.5, 0.6) is 0 Å². The minimum atomic E-state index is -0.729. The second-order valence-corrected chi connectivity index (χ2v) is 5.53. The van der Waals surface area contributed by atoms with E-state index in [9.17, 15) is 9.59 Å². The van der Waals surface area contributed by atoms with Gasteiger partial charge in [-0.2, -0.15) is 21.7 Å². The van der Waals surface area contributed by atoms with Crippen molar-refractivity contribution in [1.82, 2.24) is 10.6 Å². The minimum absolute atomic E-state index is 0. The number of hydrogen-bond donors (Lipinski definition) is 3. The highest BCUT2D eigenvalue weighted by Gasteiger charge is 2.42. The van der Waals surface area contributed by atoms with Crippen molar-refractivity contribution in [2.24, 2.45) is 0 Å². The zero-order chi connectivity index (χ0) is 11.5. The number of aliphatic carboxylic acids is 1. The summed E-state index contributed by atoms with van der Waals surface area (Å²) in [7, 11) is 0. The van der Waals surface area contributed by atoms with Gasteiger partial charge in [0.25, 0.3) is 0 Å². The van der Waals surface area contributed by atoms with Gasteiger partial charge in [0, 0.05) is 17.4 Å². The summed E-state index contributed by atoms with van der Waals surface area (Å²) in [5.74, 6) is 0.236. The van der Waals surface area contributed by atoms with Gasteiger partial charge in [0.05, 0.1) is 12.1 Å². The molecule has 2 aliphatic heterocycles. The van der Waals surface area contributed by atoms with Crippen LogP contribution < -0.4 is 10.6 Å². The van der Waals surface area contributed by atoms with E-state index in [-0.39, 0.29) is 34.4 Å². The maximum Gasteiger partial charge on any atom is 0.315 e. The fourth-order valence-corrected chi connectivity index (χ4v) is 3.81. The first-order valence-electron chi connectivity index (χ1n) is 5.57. The number of hydrogen-bond acceptors (Lipinski definition) is 3. The summed E-state index contributed by atoms with van der Waals surface area (Å²) in [5, 5.41) is 14.8. The van der Waals surface area contributed by atoms with Crippen molar-refractivity contribution in [3.05, 3.63) is 0 Å². The number of urea groups is 1. The third-order valence-electron chi connectivity index (χ3n) is 3.07. The predicted molar refractivity (Wildman–Crippen MR) is 72.7 cm³/mol. The fraction of sp³-hybridized carbons (Fsp3) is 0.800. The van der Waals surface area contributed by atoms with Crippen molar-refractivity contribution in [3.8, 4) is 0 Å². The molecule has 2 heterocycles. The molecule has 0 aromatic carbocycles. The van der Waals surface area contributed by atoms with Gasteiger partial charge < -0.3 is 15.7 Å². The second kappa shape index (κ2) is 6.45. The smallest absolute Gasteiger partial charge is 0.315 e. The molecule has 0 bridgehead atoms. The Bertz CT molecular complexity index is 303. The zero-order valence-electron chi connectivity index (χ0n) is 9.65. The van der Waals surface area contributed by atoms with Gasteiger partial charge in [-0.15, -0.1) is 0 Å². The lowest BCUT2D eigenvalue weighted by Crippen LogP contribution is -2.36. The molecule has 0 aliphatic carbocycles. The molecule has 3 N–H and O–H groups in total. The van der Waals surface area contributed by atoms with E-state index in [2.05, 4.69) is 10.6 Å². The highest BCUT2D eigenvalue weighted by Crippen LogP contribution is 2.33. The van der Waals surface area contributed by atoms with Crippen molar-refractivity contribution >= 4 is 33.7 Å². The normalized spacial score (nSPS) is 30.1. The van der Waals surface area contributed by atoms with Crippen LogP contribution in [0.15, 0.2) is 0 Å². The van der Waals surface area contributed by atoms with Crippen LogP contribution in [-0.4, -0.2) is 40.2 Å². The summed E-state index contributed by atoms with van der Waals surface area (Å²) in [4.78, 5) is 21.5. The second-order valence-electron chi connectivity index (χ2n) is 4.26. The number of nitrogens with one attached hydrogen (secondary N) is 2. The summed E-state index contributed by atoms with van der Waals surface area (Å²) in [6, 6.07) is 0.440. The molecule has 2 saturated heterocycles. The molecular weight excluding hydrogens is 259 g/mol. The summed E-state index contributed by atoms with van der Waals surface area (Å²) in [5.41, 5.74) is 0. The maximum absolute atomic E-state index is 11.1. The lowest BCUT2D eigenvalue weighted by atomic mass is 10.0. The van der Waals surface area contributed by atoms with Crippen molar-refractivity contribution in [1.29, 1.82) is 0 Å². The third kappa shape index (κ3) is 3.75. The number of carboxylic acid groups (broad SMARTS) is 1. The molecule has 0 radical (unpaired) electrons. The minimum Gasteiger partial charge on any atom is -0.481 e. The third-order valence-corrected chi connectivity index (χ3v) is 4.58. The molecule has 2 amide bonds. The molecular formula is C10H19N2O3PS. The van der Waals surface area contributed by atoms with Crippen LogP contribution in [0, 0.1) is 0 Å². The van der Waals surface area contributed by atoms with E-state index in [4.69, 9.17) is 5.11 Å². The monoisotopic (exact) mass is 278 g/mol. The topological polar surface area (TPSA) is 78.4 Å². The first kappa shape index (κ1) is 14.6. The number of carboxylic acids is 1. The van der Waals surface area contributed by atoms with Gasteiger partial charge in [-0.3, -0.25) is 4.79 Å². The molecule has 2 fully saturated rings. The molecule has 0 saturated carbocycles. The van der Waals surface area contributed by atoms with Crippen LogP contribution in [0.25, 0.3) is 0 Å². The van der Waals surface area contributed by atoms with Gasteiger partial charge in [-0.25, -0.2) is 4.79 Å². The van der Waals surface area contributed by atoms with Gasteiger partial charge in [-0.05, 0) is 12.8 Å². The number of fused-ring (bicyclic) bond motifs is 1. The summed E-state index contributed by atoms with van der Waals surface area (Å²) < 4.78 is 0. The molecule has 0 spiro atoms. The Morgan fingerprint density at radius 3 is 2.88 bits per heavy atom. The molecule has 98 valence electrons. The lowest BCUT2D eigenvalue weighted by Gasteiger charge is -2.16. The Labute approximate surface area is 108 Å². The van der Waals surface area contributed by atoms with E-state index in [1.807, 2.05) is 11.8 Å². The number of carbonyl (C=O) groups is 2. The van der Waals surface area contributed by atoms with E-state index in [0.717, 1.165) is 25.0 Å². The van der Waals surface area contributed by atoms with Crippen LogP contribution in [0.1, 0.15) is 25.7 Å². The van der Waals surface area contributed by atoms with Crippen molar-refractivity contribution in [2.75, 3.05) is 5.75 Å². The molecule has 2 aliphatic rings. The number of unbranched alkanes of at least 4 members (excludes halogenated alkanes) is 1. The lowest BCUT2D eigenvalue weighted by molar-refractivity contribution is -0.137. The summed E-state index contributed by atoms with van der Waals surface area (Å²) in [6.07, 6.45) is 2.88. The number of thioether (sulfide) groups is 1. The van der Waals surface area contributed by atoms with E-state index in [1.54, 1.807) is 0 Å². The standard InChI is InChI=1S/C10H16N2O3S.H3P/c13-8(14)4-2-1-3-7-9-6(5-16-7)11-10(15)12-9;/h6-7,9H,1-5H2,(H,13,14)(H2,11,12,15);1H3/t6-,7-,9-;/m0./s1. The quantitative estimate of drug-likeness (QED) is 0.396. The molecule has 5 nitrogen and oxygen atoms in total. The number of carbonyl (C=O) groups excluding carboxylic acids is 1. The first-order chi connectivity index (χ1) is 7.66.